The van der Waals surface area contributed by atoms with Crippen LogP contribution in [-0.4, -0.2) is 26.6 Å². The van der Waals surface area contributed by atoms with Crippen molar-refractivity contribution in [2.24, 2.45) is 0 Å². The maximum atomic E-state index is 13.0. The molecule has 9 heteroatoms. The minimum atomic E-state index is -4.63. The standard InChI is InChI=1S/C14H13F3N6/c1-19-11-10-12(22-13(21-11)14(15,16)17)23(7-20-10)6-8-3-2-4-9(18)5-8/h2-5,7H,6,18H2,1H3,(H,19,21,22). The molecule has 0 saturated carbocycles. The molecule has 0 aliphatic heterocycles. The van der Waals surface area contributed by atoms with Crippen molar-refractivity contribution in [1.82, 2.24) is 19.5 Å². The summed E-state index contributed by atoms with van der Waals surface area (Å²) in [6.45, 7) is 0.305. The first-order valence-electron chi connectivity index (χ1n) is 6.70. The van der Waals surface area contributed by atoms with Gasteiger partial charge in [0.1, 0.15) is 5.52 Å². The highest BCUT2D eigenvalue weighted by molar-refractivity contribution is 5.83. The highest BCUT2D eigenvalue weighted by atomic mass is 19.4. The zero-order chi connectivity index (χ0) is 16.6. The van der Waals surface area contributed by atoms with E-state index in [1.54, 1.807) is 18.2 Å². The van der Waals surface area contributed by atoms with Crippen LogP contribution < -0.4 is 11.1 Å². The van der Waals surface area contributed by atoms with Crippen LogP contribution in [0.5, 0.6) is 0 Å². The Bertz CT molecular complexity index is 855. The number of nitrogen functional groups attached to an aromatic ring is 1. The summed E-state index contributed by atoms with van der Waals surface area (Å²) in [5.74, 6) is -1.17. The molecule has 2 heterocycles. The van der Waals surface area contributed by atoms with Crippen molar-refractivity contribution in [2.75, 3.05) is 18.1 Å². The molecule has 6 nitrogen and oxygen atoms in total. The maximum Gasteiger partial charge on any atom is 0.451 e. The van der Waals surface area contributed by atoms with Gasteiger partial charge in [-0.3, -0.25) is 0 Å². The summed E-state index contributed by atoms with van der Waals surface area (Å²) in [6, 6.07) is 7.08. The van der Waals surface area contributed by atoms with Gasteiger partial charge in [-0.15, -0.1) is 0 Å². The van der Waals surface area contributed by atoms with Gasteiger partial charge in [0.25, 0.3) is 0 Å². The van der Waals surface area contributed by atoms with E-state index >= 15 is 0 Å². The molecule has 2 aromatic heterocycles. The Morgan fingerprint density at radius 2 is 2.04 bits per heavy atom. The van der Waals surface area contributed by atoms with Crippen molar-refractivity contribution in [1.29, 1.82) is 0 Å². The topological polar surface area (TPSA) is 81.7 Å². The number of hydrogen-bond donors (Lipinski definition) is 2. The Balaban J connectivity index is 2.11. The molecule has 1 aromatic carbocycles. The second-order valence-electron chi connectivity index (χ2n) is 4.93. The smallest absolute Gasteiger partial charge is 0.399 e. The summed E-state index contributed by atoms with van der Waals surface area (Å²) in [7, 11) is 1.48. The zero-order valence-electron chi connectivity index (χ0n) is 12.1. The van der Waals surface area contributed by atoms with Crippen molar-refractivity contribution in [2.45, 2.75) is 12.7 Å². The minimum absolute atomic E-state index is 0.0358. The summed E-state index contributed by atoms with van der Waals surface area (Å²) in [6.07, 6.45) is -3.20. The predicted octanol–water partition coefficient (Wildman–Crippen LogP) is 2.52. The molecule has 0 fully saturated rings. The van der Waals surface area contributed by atoms with Gasteiger partial charge < -0.3 is 15.6 Å². The number of nitrogens with two attached hydrogens (primary N) is 1. The molecule has 3 aromatic rings. The molecule has 3 N–H and O–H groups in total. The quantitative estimate of drug-likeness (QED) is 0.724. The summed E-state index contributed by atoms with van der Waals surface area (Å²) >= 11 is 0. The van der Waals surface area contributed by atoms with Crippen molar-refractivity contribution >= 4 is 22.7 Å². The van der Waals surface area contributed by atoms with E-state index in [1.807, 2.05) is 6.07 Å². The molecule has 0 radical (unpaired) electrons. The van der Waals surface area contributed by atoms with Gasteiger partial charge >= 0.3 is 6.18 Å². The molecule has 3 rings (SSSR count). The highest BCUT2D eigenvalue weighted by Gasteiger charge is 2.36. The van der Waals surface area contributed by atoms with Crippen LogP contribution in [0.3, 0.4) is 0 Å². The second-order valence-corrected chi connectivity index (χ2v) is 4.93. The van der Waals surface area contributed by atoms with Crippen LogP contribution in [0.4, 0.5) is 24.7 Å². The predicted molar refractivity (Wildman–Crippen MR) is 79.8 cm³/mol. The van der Waals surface area contributed by atoms with E-state index in [4.69, 9.17) is 5.73 Å². The lowest BCUT2D eigenvalue weighted by atomic mass is 10.2. The van der Waals surface area contributed by atoms with E-state index in [0.29, 0.717) is 12.2 Å². The molecule has 0 aliphatic rings. The van der Waals surface area contributed by atoms with Crippen LogP contribution in [0.25, 0.3) is 11.2 Å². The van der Waals surface area contributed by atoms with Crippen molar-refractivity contribution in [3.8, 4) is 0 Å². The molecule has 120 valence electrons. The third-order valence-corrected chi connectivity index (χ3v) is 3.26. The van der Waals surface area contributed by atoms with Crippen molar-refractivity contribution in [3.63, 3.8) is 0 Å². The van der Waals surface area contributed by atoms with Gasteiger partial charge in [0.2, 0.25) is 5.82 Å². The molecule has 0 saturated heterocycles. The average Bonchev–Trinajstić information content (AvgIpc) is 2.88. The number of fused-ring (bicyclic) bond motifs is 1. The van der Waals surface area contributed by atoms with Gasteiger partial charge in [-0.2, -0.15) is 13.2 Å². The first kappa shape index (κ1) is 15.1. The Morgan fingerprint density at radius 1 is 1.26 bits per heavy atom. The summed E-state index contributed by atoms with van der Waals surface area (Å²) in [4.78, 5) is 11.2. The van der Waals surface area contributed by atoms with Gasteiger partial charge in [-0.1, -0.05) is 12.1 Å². The van der Waals surface area contributed by atoms with Gasteiger partial charge in [-0.05, 0) is 17.7 Å². The minimum Gasteiger partial charge on any atom is -0.399 e. The fourth-order valence-corrected chi connectivity index (χ4v) is 2.25. The van der Waals surface area contributed by atoms with Gasteiger partial charge in [0.05, 0.1) is 12.9 Å². The molecule has 0 unspecified atom stereocenters. The highest BCUT2D eigenvalue weighted by Crippen LogP contribution is 2.29. The molecule has 0 spiro atoms. The number of hydrogen-bond acceptors (Lipinski definition) is 5. The largest absolute Gasteiger partial charge is 0.451 e. The Labute approximate surface area is 129 Å². The normalized spacial score (nSPS) is 11.8. The van der Waals surface area contributed by atoms with E-state index in [9.17, 15) is 13.2 Å². The Hall–Kier alpha value is -2.84. The number of alkyl halides is 3. The van der Waals surface area contributed by atoms with E-state index in [2.05, 4.69) is 20.3 Å². The lowest BCUT2D eigenvalue weighted by molar-refractivity contribution is -0.144. The molecule has 23 heavy (non-hydrogen) atoms. The number of aromatic nitrogens is 4. The number of nitrogens with zero attached hydrogens (tertiary/aromatic N) is 4. The number of benzene rings is 1. The van der Waals surface area contributed by atoms with Crippen molar-refractivity contribution < 1.29 is 13.2 Å². The molecule has 0 amide bonds. The van der Waals surface area contributed by atoms with Crippen LogP contribution in [-0.2, 0) is 12.7 Å². The van der Waals surface area contributed by atoms with Crippen LogP contribution in [0.15, 0.2) is 30.6 Å². The van der Waals surface area contributed by atoms with Crippen LogP contribution in [0.1, 0.15) is 11.4 Å². The van der Waals surface area contributed by atoms with Gasteiger partial charge in [-0.25, -0.2) is 15.0 Å². The summed E-state index contributed by atoms with van der Waals surface area (Å²) in [5, 5.41) is 2.62. The molecular weight excluding hydrogens is 309 g/mol. The maximum absolute atomic E-state index is 13.0. The van der Waals surface area contributed by atoms with Crippen LogP contribution >= 0.6 is 0 Å². The van der Waals surface area contributed by atoms with E-state index in [0.717, 1.165) is 5.56 Å². The fourth-order valence-electron chi connectivity index (χ4n) is 2.25. The molecule has 0 atom stereocenters. The fraction of sp³-hybridized carbons (Fsp3) is 0.214. The van der Waals surface area contributed by atoms with Crippen molar-refractivity contribution in [3.05, 3.63) is 42.0 Å². The lowest BCUT2D eigenvalue weighted by Crippen LogP contribution is -2.13. The van der Waals surface area contributed by atoms with E-state index in [1.165, 1.54) is 17.9 Å². The van der Waals surface area contributed by atoms with Crippen LogP contribution in [0, 0.1) is 0 Å². The molecule has 0 bridgehead atoms. The van der Waals surface area contributed by atoms with E-state index in [-0.39, 0.29) is 17.0 Å². The second kappa shape index (κ2) is 5.41. The Morgan fingerprint density at radius 3 is 2.70 bits per heavy atom. The first-order chi connectivity index (χ1) is 10.9. The van der Waals surface area contributed by atoms with Gasteiger partial charge in [0.15, 0.2) is 11.5 Å². The summed E-state index contributed by atoms with van der Waals surface area (Å²) in [5.41, 5.74) is 7.52. The SMILES string of the molecule is CNc1nc(C(F)(F)F)nc2c1ncn2Cc1cccc(N)c1. The first-order valence-corrected chi connectivity index (χ1v) is 6.70. The average molecular weight is 322 g/mol. The monoisotopic (exact) mass is 322 g/mol. The third kappa shape index (κ3) is 2.89. The zero-order valence-corrected chi connectivity index (χ0v) is 12.1. The number of nitrogens with one attached hydrogen (secondary N) is 1. The Kier molecular flexibility index (Phi) is 3.55. The number of halogens is 3. The number of imidazole rings is 1. The van der Waals surface area contributed by atoms with Crippen LogP contribution in [0.2, 0.25) is 0 Å². The number of rotatable bonds is 3. The van der Waals surface area contributed by atoms with Gasteiger partial charge in [0, 0.05) is 12.7 Å². The molecular formula is C14H13F3N6. The summed E-state index contributed by atoms with van der Waals surface area (Å²) < 4.78 is 40.4. The lowest BCUT2D eigenvalue weighted by Gasteiger charge is -2.09. The van der Waals surface area contributed by atoms with E-state index < -0.39 is 12.0 Å². The third-order valence-electron chi connectivity index (χ3n) is 3.26. The molecule has 0 aliphatic carbocycles. The number of anilines is 2.